The summed E-state index contributed by atoms with van der Waals surface area (Å²) in [5, 5.41) is 1.04. The predicted octanol–water partition coefficient (Wildman–Crippen LogP) is 1.24. The number of carbonyl (C=O) groups excluding carboxylic acids is 1. The van der Waals surface area contributed by atoms with Gasteiger partial charge in [-0.2, -0.15) is 0 Å². The zero-order valence-electron chi connectivity index (χ0n) is 13.9. The zero-order valence-corrected chi connectivity index (χ0v) is 14.9. The number of aryl methyl sites for hydroxylation is 2. The Hall–Kier alpha value is -1.06. The van der Waals surface area contributed by atoms with Crippen molar-refractivity contribution in [2.24, 2.45) is 0 Å². The van der Waals surface area contributed by atoms with E-state index in [2.05, 4.69) is 0 Å². The Bertz CT molecular complexity index is 616. The van der Waals surface area contributed by atoms with Gasteiger partial charge in [0.05, 0.1) is 6.10 Å². The third-order valence-electron chi connectivity index (χ3n) is 3.19. The molecule has 1 unspecified atom stereocenters. The van der Waals surface area contributed by atoms with Gasteiger partial charge in [0.1, 0.15) is 5.75 Å². The molecular weight excluding hydrogens is 286 g/mol. The Morgan fingerprint density at radius 1 is 1.00 bits per heavy atom. The van der Waals surface area contributed by atoms with Gasteiger partial charge in [0, 0.05) is 5.56 Å². The molecule has 2 aromatic rings. The minimum absolute atomic E-state index is 0. The monoisotopic (exact) mass is 307 g/mol. The molecule has 110 valence electrons. The van der Waals surface area contributed by atoms with Gasteiger partial charge in [-0.3, -0.25) is 4.79 Å². The van der Waals surface area contributed by atoms with Gasteiger partial charge in [-0.15, -0.1) is 0 Å². The maximum absolute atomic E-state index is 12.5. The summed E-state index contributed by atoms with van der Waals surface area (Å²) in [7, 11) is 0.146. The normalized spacial score (nSPS) is 10.8. The molecule has 0 amide bonds. The fraction of sp³-hybridized carbons (Fsp3) is 0.278. The van der Waals surface area contributed by atoms with Crippen LogP contribution < -0.4 is 28.9 Å². The van der Waals surface area contributed by atoms with E-state index in [9.17, 15) is 4.79 Å². The van der Waals surface area contributed by atoms with Gasteiger partial charge in [-0.25, -0.2) is 0 Å². The molecule has 0 radical (unpaired) electrons. The van der Waals surface area contributed by atoms with Gasteiger partial charge in [0.15, 0.2) is 5.52 Å². The summed E-state index contributed by atoms with van der Waals surface area (Å²) in [4.78, 5) is 12.5. The summed E-state index contributed by atoms with van der Waals surface area (Å²) >= 11 is 0. The number of rotatable bonds is 5. The van der Waals surface area contributed by atoms with Crippen LogP contribution in [0.2, 0.25) is 0 Å². The van der Waals surface area contributed by atoms with Crippen LogP contribution in [0.4, 0.5) is 0 Å². The van der Waals surface area contributed by atoms with Crippen molar-refractivity contribution in [2.75, 3.05) is 0 Å². The van der Waals surface area contributed by atoms with E-state index in [1.807, 2.05) is 70.2 Å². The van der Waals surface area contributed by atoms with Gasteiger partial charge < -0.3 is 4.74 Å². The summed E-state index contributed by atoms with van der Waals surface area (Å²) in [6.07, 6.45) is 0.162. The average Bonchev–Trinajstić information content (AvgIpc) is 2.40. The van der Waals surface area contributed by atoms with Crippen molar-refractivity contribution in [2.45, 2.75) is 33.8 Å². The number of carbonyl (C=O) groups is 1. The van der Waals surface area contributed by atoms with Crippen molar-refractivity contribution in [1.82, 2.24) is 0 Å². The van der Waals surface area contributed by atoms with Crippen LogP contribution in [0.5, 0.6) is 5.75 Å². The first kappa shape index (κ1) is 19.0. The predicted molar refractivity (Wildman–Crippen MR) is 90.4 cm³/mol. The molecule has 0 heterocycles. The molecule has 0 aliphatic rings. The van der Waals surface area contributed by atoms with Crippen molar-refractivity contribution in [3.8, 4) is 5.75 Å². The van der Waals surface area contributed by atoms with Crippen LogP contribution in [0.25, 0.3) is 0 Å². The first-order valence-corrected chi connectivity index (χ1v) is 8.11. The van der Waals surface area contributed by atoms with Crippen molar-refractivity contribution in [3.63, 3.8) is 0 Å². The molecule has 2 rings (SSSR count). The summed E-state index contributed by atoms with van der Waals surface area (Å²) in [5.74, 6) is 0.845. The molecule has 1 atom stereocenters. The third-order valence-corrected chi connectivity index (χ3v) is 4.29. The summed E-state index contributed by atoms with van der Waals surface area (Å²) in [5.41, 5.74) is 3.15. The third kappa shape index (κ3) is 4.99. The fourth-order valence-electron chi connectivity index (χ4n) is 2.26. The average molecular weight is 307 g/mol. The van der Waals surface area contributed by atoms with Crippen molar-refractivity contribution < 1.29 is 28.4 Å². The molecule has 0 aliphatic carbocycles. The van der Waals surface area contributed by atoms with Crippen molar-refractivity contribution in [3.05, 3.63) is 59.2 Å². The molecule has 0 fully saturated rings. The number of hydrogen-bond donors (Lipinski definition) is 0. The van der Waals surface area contributed by atoms with Crippen LogP contribution in [0.15, 0.2) is 42.5 Å². The molecule has 0 saturated heterocycles. The van der Waals surface area contributed by atoms with Crippen LogP contribution in [0.3, 0.4) is 0 Å². The molecule has 22 heavy (non-hydrogen) atoms. The maximum atomic E-state index is 12.5. The molecule has 0 aromatic heterocycles. The van der Waals surface area contributed by atoms with Gasteiger partial charge in [0.25, 0.3) is 0 Å². The van der Waals surface area contributed by atoms with Crippen LogP contribution >= 0.6 is 8.58 Å². The first-order chi connectivity index (χ1) is 9.97. The van der Waals surface area contributed by atoms with Crippen molar-refractivity contribution >= 4 is 19.4 Å². The van der Waals surface area contributed by atoms with E-state index in [0.717, 1.165) is 27.7 Å². The number of ether oxygens (including phenoxy) is 1. The minimum Gasteiger partial charge on any atom is -0.491 e. The van der Waals surface area contributed by atoms with Crippen molar-refractivity contribution in [1.29, 1.82) is 0 Å². The van der Waals surface area contributed by atoms with Gasteiger partial charge in [0.2, 0.25) is 0 Å². The number of benzene rings is 2. The minimum atomic E-state index is 0. The Morgan fingerprint density at radius 3 is 2.05 bits per heavy atom. The van der Waals surface area contributed by atoms with Crippen LogP contribution in [-0.2, 0) is 0 Å². The van der Waals surface area contributed by atoms with Crippen LogP contribution in [0.1, 0.15) is 35.3 Å². The first-order valence-electron chi connectivity index (χ1n) is 7.11. The zero-order chi connectivity index (χ0) is 15.4. The topological polar surface area (TPSA) is 26.3 Å². The Morgan fingerprint density at radius 2 is 1.55 bits per heavy atom. The second-order valence-electron chi connectivity index (χ2n) is 5.41. The Kier molecular flexibility index (Phi) is 7.37. The van der Waals surface area contributed by atoms with Crippen LogP contribution in [-0.4, -0.2) is 11.6 Å². The van der Waals surface area contributed by atoms with E-state index in [1.165, 1.54) is 0 Å². The Balaban J connectivity index is 0.00000242. The summed E-state index contributed by atoms with van der Waals surface area (Å²) < 4.78 is 5.62. The van der Waals surface area contributed by atoms with E-state index in [4.69, 9.17) is 4.74 Å². The second-order valence-corrected chi connectivity index (χ2v) is 6.69. The molecule has 2 aromatic carbocycles. The smallest absolute Gasteiger partial charge is 0.491 e. The summed E-state index contributed by atoms with van der Waals surface area (Å²) in [6, 6.07) is 13.8. The van der Waals surface area contributed by atoms with Crippen LogP contribution in [0, 0.1) is 13.8 Å². The van der Waals surface area contributed by atoms with E-state index in [0.29, 0.717) is 0 Å². The van der Waals surface area contributed by atoms with E-state index < -0.39 is 0 Å². The number of hydrogen-bond acceptors (Lipinski definition) is 2. The van der Waals surface area contributed by atoms with E-state index >= 15 is 0 Å². The quantitative estimate of drug-likeness (QED) is 0.614. The molecule has 4 heteroatoms. The Labute approximate surface area is 146 Å². The SMILES string of the molecule is Cc1cccc(C)c1C(=O)Pc1ccc(OC(C)C)cc1.[Li+]. The van der Waals surface area contributed by atoms with Gasteiger partial charge >= 0.3 is 18.9 Å². The summed E-state index contributed by atoms with van der Waals surface area (Å²) in [6.45, 7) is 7.98. The van der Waals surface area contributed by atoms with Gasteiger partial charge in [-0.05, 0) is 64.8 Å². The molecule has 0 aliphatic heterocycles. The molecular formula is C18H21LiO2P+. The fourth-order valence-corrected chi connectivity index (χ4v) is 3.37. The molecule has 0 saturated carbocycles. The van der Waals surface area contributed by atoms with Gasteiger partial charge in [-0.1, -0.05) is 30.3 Å². The van der Waals surface area contributed by atoms with E-state index in [1.54, 1.807) is 0 Å². The molecule has 2 nitrogen and oxygen atoms in total. The van der Waals surface area contributed by atoms with E-state index in [-0.39, 0.29) is 39.1 Å². The largest absolute Gasteiger partial charge is 1.00 e. The molecule has 0 spiro atoms. The second kappa shape index (κ2) is 8.54. The molecule has 0 N–H and O–H groups in total. The molecule has 0 bridgehead atoms. The standard InChI is InChI=1S/C18H21O2P.Li/c1-12(2)20-15-8-10-16(11-9-15)21-18(19)17-13(3)6-5-7-14(17)4;/h5-12,21H,1-4H3;/q;+1. The maximum Gasteiger partial charge on any atom is 1.00 e.